The van der Waals surface area contributed by atoms with Gasteiger partial charge in [0.05, 0.1) is 13.2 Å². The molecule has 1 atom stereocenters. The molecule has 6 nitrogen and oxygen atoms in total. The van der Waals surface area contributed by atoms with Crippen LogP contribution in [0.5, 0.6) is 0 Å². The number of alkyl halides is 3. The maximum absolute atomic E-state index is 13.6. The Kier molecular flexibility index (Phi) is 6.23. The number of alkyl carbamates (subject to hydrolysis) is 1. The Morgan fingerprint density at radius 3 is 2.09 bits per heavy atom. The molecule has 0 aliphatic carbocycles. The van der Waals surface area contributed by atoms with Gasteiger partial charge in [-0.1, -0.05) is 18.2 Å². The van der Waals surface area contributed by atoms with Gasteiger partial charge in [-0.15, -0.1) is 0 Å². The quantitative estimate of drug-likeness (QED) is 0.618. The highest BCUT2D eigenvalue weighted by Crippen LogP contribution is 2.33. The van der Waals surface area contributed by atoms with Gasteiger partial charge >= 0.3 is 23.9 Å². The van der Waals surface area contributed by atoms with Crippen molar-refractivity contribution in [2.45, 2.75) is 25.7 Å². The van der Waals surface area contributed by atoms with Crippen LogP contribution >= 0.6 is 0 Å². The third-order valence-corrected chi connectivity index (χ3v) is 2.68. The van der Waals surface area contributed by atoms with E-state index >= 15 is 0 Å². The molecule has 128 valence electrons. The van der Waals surface area contributed by atoms with Crippen LogP contribution in [-0.2, 0) is 14.3 Å². The van der Waals surface area contributed by atoms with Crippen molar-refractivity contribution in [1.29, 1.82) is 0 Å². The van der Waals surface area contributed by atoms with Crippen LogP contribution in [0.15, 0.2) is 30.3 Å². The Bertz CT molecular complexity index is 537. The molecule has 0 saturated heterocycles. The number of anilines is 1. The number of para-hydroxylation sites is 1. The smallest absolute Gasteiger partial charge is 0.442 e. The first-order valence-electron chi connectivity index (χ1n) is 6.79. The van der Waals surface area contributed by atoms with Gasteiger partial charge in [-0.25, -0.2) is 9.59 Å². The molecule has 1 aromatic carbocycles. The van der Waals surface area contributed by atoms with E-state index in [1.165, 1.54) is 43.4 Å². The zero-order chi connectivity index (χ0) is 17.5. The summed E-state index contributed by atoms with van der Waals surface area (Å²) in [6, 6.07) is 7.15. The SMILES string of the molecule is CCOC(=O)N[C@@](Nc1ccccc1)(C(=O)OCC)C(F)(F)F. The first-order chi connectivity index (χ1) is 10.8. The van der Waals surface area contributed by atoms with E-state index in [9.17, 15) is 22.8 Å². The molecule has 1 amide bonds. The Morgan fingerprint density at radius 1 is 1.04 bits per heavy atom. The molecule has 0 unspecified atom stereocenters. The number of hydrogen-bond donors (Lipinski definition) is 2. The van der Waals surface area contributed by atoms with Crippen molar-refractivity contribution in [3.05, 3.63) is 30.3 Å². The van der Waals surface area contributed by atoms with E-state index in [0.717, 1.165) is 0 Å². The van der Waals surface area contributed by atoms with E-state index in [1.807, 2.05) is 5.32 Å². The second-order valence-electron chi connectivity index (χ2n) is 4.30. The van der Waals surface area contributed by atoms with Crippen LogP contribution in [0.2, 0.25) is 0 Å². The highest BCUT2D eigenvalue weighted by molar-refractivity contribution is 5.89. The summed E-state index contributed by atoms with van der Waals surface area (Å²) in [4.78, 5) is 23.5. The van der Waals surface area contributed by atoms with Crippen molar-refractivity contribution in [1.82, 2.24) is 5.32 Å². The van der Waals surface area contributed by atoms with Crippen LogP contribution < -0.4 is 10.6 Å². The van der Waals surface area contributed by atoms with Gasteiger partial charge in [0.1, 0.15) is 0 Å². The van der Waals surface area contributed by atoms with E-state index in [-0.39, 0.29) is 18.9 Å². The molecule has 23 heavy (non-hydrogen) atoms. The first kappa shape index (κ1) is 18.6. The third-order valence-electron chi connectivity index (χ3n) is 2.68. The number of ether oxygens (including phenoxy) is 2. The lowest BCUT2D eigenvalue weighted by Crippen LogP contribution is -2.69. The fourth-order valence-electron chi connectivity index (χ4n) is 1.69. The molecular weight excluding hydrogens is 317 g/mol. The molecule has 1 rings (SSSR count). The predicted molar refractivity (Wildman–Crippen MR) is 75.6 cm³/mol. The standard InChI is InChI=1S/C14H17F3N2O4/c1-3-22-11(20)13(14(15,16)17,19-12(21)23-4-2)18-10-8-6-5-7-9-10/h5-9,18H,3-4H2,1-2H3,(H,19,21)/t13-/m0/s1. The molecule has 0 heterocycles. The summed E-state index contributed by atoms with van der Waals surface area (Å²) in [6.07, 6.45) is -6.58. The highest BCUT2D eigenvalue weighted by Gasteiger charge is 2.64. The van der Waals surface area contributed by atoms with Crippen molar-refractivity contribution in [3.8, 4) is 0 Å². The van der Waals surface area contributed by atoms with E-state index < -0.39 is 23.9 Å². The van der Waals surface area contributed by atoms with Gasteiger partial charge in [0.2, 0.25) is 0 Å². The highest BCUT2D eigenvalue weighted by atomic mass is 19.4. The van der Waals surface area contributed by atoms with E-state index in [4.69, 9.17) is 0 Å². The van der Waals surface area contributed by atoms with Crippen LogP contribution in [0.25, 0.3) is 0 Å². The monoisotopic (exact) mass is 334 g/mol. The fourth-order valence-corrected chi connectivity index (χ4v) is 1.69. The van der Waals surface area contributed by atoms with Crippen molar-refractivity contribution in [2.24, 2.45) is 0 Å². The summed E-state index contributed by atoms with van der Waals surface area (Å²) >= 11 is 0. The maximum atomic E-state index is 13.6. The summed E-state index contributed by atoms with van der Waals surface area (Å²) in [5, 5.41) is 3.53. The fraction of sp³-hybridized carbons (Fsp3) is 0.429. The number of carbonyl (C=O) groups is 2. The largest absolute Gasteiger partial charge is 0.463 e. The van der Waals surface area contributed by atoms with Gasteiger partial charge in [-0.05, 0) is 26.0 Å². The summed E-state index contributed by atoms with van der Waals surface area (Å²) in [6.45, 7) is 2.32. The second-order valence-corrected chi connectivity index (χ2v) is 4.30. The maximum Gasteiger partial charge on any atom is 0.442 e. The third kappa shape index (κ3) is 4.51. The molecule has 9 heteroatoms. The first-order valence-corrected chi connectivity index (χ1v) is 6.79. The molecule has 0 aromatic heterocycles. The second kappa shape index (κ2) is 7.70. The van der Waals surface area contributed by atoms with Gasteiger partial charge in [-0.3, -0.25) is 5.32 Å². The van der Waals surface area contributed by atoms with Crippen LogP contribution in [0.3, 0.4) is 0 Å². The van der Waals surface area contributed by atoms with E-state index in [0.29, 0.717) is 0 Å². The van der Waals surface area contributed by atoms with Crippen LogP contribution in [0, 0.1) is 0 Å². The van der Waals surface area contributed by atoms with Crippen LogP contribution in [0.1, 0.15) is 13.8 Å². The van der Waals surface area contributed by atoms with Gasteiger partial charge in [-0.2, -0.15) is 13.2 Å². The summed E-state index contributed by atoms with van der Waals surface area (Å²) in [5.74, 6) is -1.69. The lowest BCUT2D eigenvalue weighted by molar-refractivity contribution is -0.205. The topological polar surface area (TPSA) is 76.7 Å². The average molecular weight is 334 g/mol. The average Bonchev–Trinajstić information content (AvgIpc) is 2.46. The van der Waals surface area contributed by atoms with Gasteiger partial charge in [0.15, 0.2) is 0 Å². The molecule has 0 saturated carbocycles. The summed E-state index contributed by atoms with van der Waals surface area (Å²) in [7, 11) is 0. The number of halogens is 3. The number of rotatable bonds is 6. The number of nitrogens with one attached hydrogen (secondary N) is 2. The number of benzene rings is 1. The van der Waals surface area contributed by atoms with Crippen LogP contribution in [0.4, 0.5) is 23.7 Å². The zero-order valence-corrected chi connectivity index (χ0v) is 12.6. The number of hydrogen-bond acceptors (Lipinski definition) is 5. The zero-order valence-electron chi connectivity index (χ0n) is 12.6. The summed E-state index contributed by atoms with van der Waals surface area (Å²) < 4.78 is 49.8. The van der Waals surface area contributed by atoms with Crippen molar-refractivity contribution >= 4 is 17.7 Å². The molecule has 0 fully saturated rings. The molecule has 0 aliphatic rings. The minimum Gasteiger partial charge on any atom is -0.463 e. The molecule has 0 bridgehead atoms. The van der Waals surface area contributed by atoms with Crippen molar-refractivity contribution < 1.29 is 32.2 Å². The van der Waals surface area contributed by atoms with Gasteiger partial charge in [0.25, 0.3) is 0 Å². The number of esters is 1. The normalized spacial score (nSPS) is 13.6. The number of carbonyl (C=O) groups excluding carboxylic acids is 2. The lowest BCUT2D eigenvalue weighted by Gasteiger charge is -2.34. The number of amides is 1. The summed E-state index contributed by atoms with van der Waals surface area (Å²) in [5.41, 5.74) is -3.49. The van der Waals surface area contributed by atoms with Crippen molar-refractivity contribution in [3.63, 3.8) is 0 Å². The Balaban J connectivity index is 3.28. The van der Waals surface area contributed by atoms with Gasteiger partial charge < -0.3 is 14.8 Å². The molecule has 0 aliphatic heterocycles. The molecule has 1 aromatic rings. The molecule has 0 radical (unpaired) electrons. The Labute approximate surface area is 130 Å². The molecular formula is C14H17F3N2O4. The minimum atomic E-state index is -5.18. The molecule has 2 N–H and O–H groups in total. The Morgan fingerprint density at radius 2 is 1.61 bits per heavy atom. The van der Waals surface area contributed by atoms with Crippen molar-refractivity contribution in [2.75, 3.05) is 18.5 Å². The van der Waals surface area contributed by atoms with E-state index in [1.54, 1.807) is 6.07 Å². The Hall–Kier alpha value is -2.45. The lowest BCUT2D eigenvalue weighted by atomic mass is 10.1. The van der Waals surface area contributed by atoms with E-state index in [2.05, 4.69) is 9.47 Å². The molecule has 0 spiro atoms. The van der Waals surface area contributed by atoms with Gasteiger partial charge in [0, 0.05) is 5.69 Å². The predicted octanol–water partition coefficient (Wildman–Crippen LogP) is 2.67. The van der Waals surface area contributed by atoms with Crippen LogP contribution in [-0.4, -0.2) is 37.1 Å². The minimum absolute atomic E-state index is 0.0327.